The number of nitrogens with zero attached hydrogens (tertiary/aromatic N) is 2. The molecule has 0 bridgehead atoms. The summed E-state index contributed by atoms with van der Waals surface area (Å²) in [5, 5.41) is 3.51. The van der Waals surface area contributed by atoms with Crippen LogP contribution in [0, 0.1) is 0 Å². The first-order valence-corrected chi connectivity index (χ1v) is 4.42. The molecule has 0 aromatic carbocycles. The van der Waals surface area contributed by atoms with Gasteiger partial charge in [-0.15, -0.1) is 0 Å². The molecule has 3 N–H and O–H groups in total. The van der Waals surface area contributed by atoms with E-state index in [4.69, 9.17) is 5.73 Å². The van der Waals surface area contributed by atoms with Gasteiger partial charge < -0.3 is 5.73 Å². The van der Waals surface area contributed by atoms with E-state index in [0.717, 1.165) is 12.3 Å². The maximum absolute atomic E-state index is 12.2. The van der Waals surface area contributed by atoms with Crippen LogP contribution in [0.25, 0.3) is 0 Å². The Hall–Kier alpha value is -1.70. The Balaban J connectivity index is 2.72. The number of hydrogen-bond acceptors (Lipinski definition) is 3. The fraction of sp³-hybridized carbons (Fsp3) is 0.125. The van der Waals surface area contributed by atoms with Crippen molar-refractivity contribution < 1.29 is 13.2 Å². The number of pyridine rings is 1. The molecule has 0 radical (unpaired) electrons. The maximum atomic E-state index is 12.2. The Bertz CT molecular complexity index is 399. The first-order valence-electron chi connectivity index (χ1n) is 4.01. The molecular weight excluding hydrogens is 241 g/mol. The molecule has 1 aromatic heterocycles. The number of rotatable bonds is 2. The molecule has 0 atom stereocenters. The molecule has 0 unspecified atom stereocenters. The fourth-order valence-corrected chi connectivity index (χ4v) is 0.864. The highest BCUT2D eigenvalue weighted by Gasteiger charge is 2.30. The summed E-state index contributed by atoms with van der Waals surface area (Å²) in [5.41, 5.74) is 6.78. The van der Waals surface area contributed by atoms with Crippen molar-refractivity contribution in [2.75, 3.05) is 0 Å². The molecule has 1 rings (SSSR count). The number of nitrogens with one attached hydrogen (secondary N) is 1. The fourth-order valence-electron chi connectivity index (χ4n) is 0.811. The van der Waals surface area contributed by atoms with Crippen molar-refractivity contribution in [1.29, 1.82) is 0 Å². The topological polar surface area (TPSA) is 63.3 Å². The van der Waals surface area contributed by atoms with Gasteiger partial charge in [0, 0.05) is 6.20 Å². The molecule has 0 aliphatic rings. The first-order chi connectivity index (χ1) is 7.39. The predicted molar refractivity (Wildman–Crippen MR) is 56.8 cm³/mol. The monoisotopic (exact) mass is 248 g/mol. The third kappa shape index (κ3) is 3.81. The molecule has 0 aliphatic heterocycles. The number of aromatic nitrogens is 1. The van der Waals surface area contributed by atoms with E-state index in [2.05, 4.69) is 27.7 Å². The standard InChI is InChI=1S/C8H7F3N4S/c9-8(10,11)5-1-2-6(13-3-5)4-14-15-7(12)16/h1-4H,(H3,12,15,16)/b14-4+. The average molecular weight is 248 g/mol. The van der Waals surface area contributed by atoms with Crippen LogP contribution < -0.4 is 11.2 Å². The van der Waals surface area contributed by atoms with Gasteiger partial charge in [0.25, 0.3) is 0 Å². The van der Waals surface area contributed by atoms with Gasteiger partial charge in [-0.05, 0) is 24.4 Å². The van der Waals surface area contributed by atoms with Crippen LogP contribution in [-0.2, 0) is 6.18 Å². The van der Waals surface area contributed by atoms with Gasteiger partial charge >= 0.3 is 6.18 Å². The molecule has 0 amide bonds. The molecule has 1 aromatic rings. The van der Waals surface area contributed by atoms with Crippen LogP contribution >= 0.6 is 12.2 Å². The van der Waals surface area contributed by atoms with E-state index in [0.29, 0.717) is 0 Å². The lowest BCUT2D eigenvalue weighted by Gasteiger charge is -2.04. The zero-order valence-corrected chi connectivity index (χ0v) is 8.64. The highest BCUT2D eigenvalue weighted by Crippen LogP contribution is 2.28. The lowest BCUT2D eigenvalue weighted by molar-refractivity contribution is -0.137. The molecule has 0 spiro atoms. The average Bonchev–Trinajstić information content (AvgIpc) is 2.16. The number of hydrazone groups is 1. The van der Waals surface area contributed by atoms with Crippen LogP contribution in [0.1, 0.15) is 11.3 Å². The van der Waals surface area contributed by atoms with Crippen molar-refractivity contribution in [1.82, 2.24) is 10.4 Å². The summed E-state index contributed by atoms with van der Waals surface area (Å²) in [6.45, 7) is 0. The van der Waals surface area contributed by atoms with Crippen molar-refractivity contribution in [3.05, 3.63) is 29.6 Å². The summed E-state index contributed by atoms with van der Waals surface area (Å²) < 4.78 is 36.5. The third-order valence-electron chi connectivity index (χ3n) is 1.49. The number of alkyl halides is 3. The third-order valence-corrected chi connectivity index (χ3v) is 1.58. The van der Waals surface area contributed by atoms with E-state index in [-0.39, 0.29) is 10.8 Å². The van der Waals surface area contributed by atoms with Crippen molar-refractivity contribution in [2.45, 2.75) is 6.18 Å². The quantitative estimate of drug-likeness (QED) is 0.470. The van der Waals surface area contributed by atoms with E-state index < -0.39 is 11.7 Å². The zero-order chi connectivity index (χ0) is 12.2. The van der Waals surface area contributed by atoms with Crippen molar-refractivity contribution in [3.63, 3.8) is 0 Å². The molecule has 16 heavy (non-hydrogen) atoms. The molecule has 8 heteroatoms. The van der Waals surface area contributed by atoms with Gasteiger partial charge in [0.2, 0.25) is 0 Å². The minimum Gasteiger partial charge on any atom is -0.375 e. The van der Waals surface area contributed by atoms with Gasteiger partial charge in [0.15, 0.2) is 5.11 Å². The van der Waals surface area contributed by atoms with E-state index in [1.807, 2.05) is 0 Å². The van der Waals surface area contributed by atoms with Gasteiger partial charge in [0.05, 0.1) is 17.5 Å². The number of hydrogen-bond donors (Lipinski definition) is 2. The lowest BCUT2D eigenvalue weighted by atomic mass is 10.2. The Morgan fingerprint density at radius 1 is 1.50 bits per heavy atom. The minimum absolute atomic E-state index is 0.0387. The minimum atomic E-state index is -4.39. The highest BCUT2D eigenvalue weighted by atomic mass is 32.1. The van der Waals surface area contributed by atoms with Gasteiger partial charge in [-0.25, -0.2) is 0 Å². The highest BCUT2D eigenvalue weighted by molar-refractivity contribution is 7.80. The van der Waals surface area contributed by atoms with Crippen LogP contribution in [0.5, 0.6) is 0 Å². The van der Waals surface area contributed by atoms with Crippen molar-refractivity contribution in [2.24, 2.45) is 10.8 Å². The van der Waals surface area contributed by atoms with Crippen LogP contribution in [0.15, 0.2) is 23.4 Å². The second-order valence-electron chi connectivity index (χ2n) is 2.70. The summed E-state index contributed by atoms with van der Waals surface area (Å²) in [6, 6.07) is 2.10. The van der Waals surface area contributed by atoms with Crippen LogP contribution in [0.4, 0.5) is 13.2 Å². The van der Waals surface area contributed by atoms with E-state index in [1.54, 1.807) is 0 Å². The van der Waals surface area contributed by atoms with E-state index >= 15 is 0 Å². The Morgan fingerprint density at radius 3 is 2.62 bits per heavy atom. The van der Waals surface area contributed by atoms with Crippen LogP contribution in [0.2, 0.25) is 0 Å². The van der Waals surface area contributed by atoms with Gasteiger partial charge in [-0.1, -0.05) is 0 Å². The smallest absolute Gasteiger partial charge is 0.375 e. The molecule has 86 valence electrons. The molecular formula is C8H7F3N4S. The van der Waals surface area contributed by atoms with Gasteiger partial charge in [-0.2, -0.15) is 18.3 Å². The molecule has 4 nitrogen and oxygen atoms in total. The molecule has 0 fully saturated rings. The van der Waals surface area contributed by atoms with Gasteiger partial charge in [0.1, 0.15) is 0 Å². The number of nitrogens with two attached hydrogens (primary N) is 1. The second kappa shape index (κ2) is 4.88. The summed E-state index contributed by atoms with van der Waals surface area (Å²) in [6.07, 6.45) is -2.46. The van der Waals surface area contributed by atoms with Gasteiger partial charge in [-0.3, -0.25) is 10.4 Å². The Labute approximate surface area is 94.4 Å². The first kappa shape index (κ1) is 12.4. The van der Waals surface area contributed by atoms with Crippen molar-refractivity contribution >= 4 is 23.5 Å². The summed E-state index contributed by atoms with van der Waals surface area (Å²) in [7, 11) is 0. The Morgan fingerprint density at radius 2 is 2.19 bits per heavy atom. The summed E-state index contributed by atoms with van der Waals surface area (Å²) in [4.78, 5) is 3.55. The predicted octanol–water partition coefficient (Wildman–Crippen LogP) is 1.27. The Kier molecular flexibility index (Phi) is 3.78. The summed E-state index contributed by atoms with van der Waals surface area (Å²) >= 11 is 4.46. The molecule has 1 heterocycles. The van der Waals surface area contributed by atoms with E-state index in [1.165, 1.54) is 12.3 Å². The molecule has 0 aliphatic carbocycles. The van der Waals surface area contributed by atoms with Crippen molar-refractivity contribution in [3.8, 4) is 0 Å². The second-order valence-corrected chi connectivity index (χ2v) is 3.14. The normalized spacial score (nSPS) is 11.7. The molecule has 0 saturated carbocycles. The number of halogens is 3. The SMILES string of the molecule is NC(=S)N/N=C/c1ccc(C(F)(F)F)cn1. The number of thiocarbonyl (C=S) groups is 1. The zero-order valence-electron chi connectivity index (χ0n) is 7.82. The maximum Gasteiger partial charge on any atom is 0.417 e. The lowest BCUT2D eigenvalue weighted by Crippen LogP contribution is -2.24. The molecule has 0 saturated heterocycles. The van der Waals surface area contributed by atoms with E-state index in [9.17, 15) is 13.2 Å². The summed E-state index contributed by atoms with van der Waals surface area (Å²) in [5.74, 6) is 0. The van der Waals surface area contributed by atoms with Crippen LogP contribution in [0.3, 0.4) is 0 Å². The largest absolute Gasteiger partial charge is 0.417 e. The van der Waals surface area contributed by atoms with Crippen LogP contribution in [-0.4, -0.2) is 16.3 Å².